The molecule has 0 N–H and O–H groups in total. The molecule has 2 aromatic heterocycles. The lowest BCUT2D eigenvalue weighted by atomic mass is 9.97. The summed E-state index contributed by atoms with van der Waals surface area (Å²) in [5.41, 5.74) is 17.7. The molecule has 0 amide bonds. The molecule has 0 bridgehead atoms. The summed E-state index contributed by atoms with van der Waals surface area (Å²) in [5, 5.41) is 7.25. The second-order valence-corrected chi connectivity index (χ2v) is 17.3. The van der Waals surface area contributed by atoms with E-state index in [9.17, 15) is 0 Å². The molecule has 314 valence electrons. The SMILES string of the molecule is c1cc(-c2ccc(N(c3ccc(-c4ccc5ccccc5c4)cc3)c3cccc(-c4ccccc4-n4c5ccccc5c5ccccc54)c3)cc2)cc(-c2cccc3c2oc2ccccc23)c1. The van der Waals surface area contributed by atoms with Crippen molar-refractivity contribution in [2.75, 3.05) is 4.90 Å². The van der Waals surface area contributed by atoms with E-state index >= 15 is 0 Å². The van der Waals surface area contributed by atoms with Crippen LogP contribution in [0.25, 0.3) is 105 Å². The van der Waals surface area contributed by atoms with Crippen molar-refractivity contribution in [1.29, 1.82) is 0 Å². The third-order valence-corrected chi connectivity index (χ3v) is 13.4. The van der Waals surface area contributed by atoms with Gasteiger partial charge in [-0.25, -0.2) is 0 Å². The smallest absolute Gasteiger partial charge is 0.143 e. The summed E-state index contributed by atoms with van der Waals surface area (Å²) in [5.74, 6) is 0. The third kappa shape index (κ3) is 6.67. The zero-order chi connectivity index (χ0) is 44.3. The minimum absolute atomic E-state index is 0.905. The molecule has 2 heterocycles. The molecule has 13 aromatic rings. The van der Waals surface area contributed by atoms with Gasteiger partial charge in [-0.15, -0.1) is 0 Å². The van der Waals surface area contributed by atoms with E-state index in [4.69, 9.17) is 4.42 Å². The minimum Gasteiger partial charge on any atom is -0.455 e. The topological polar surface area (TPSA) is 21.3 Å². The van der Waals surface area contributed by atoms with Crippen LogP contribution in [0.4, 0.5) is 17.1 Å². The highest BCUT2D eigenvalue weighted by atomic mass is 16.3. The maximum Gasteiger partial charge on any atom is 0.143 e. The molecule has 3 nitrogen and oxygen atoms in total. The Hall–Kier alpha value is -8.92. The Labute approximate surface area is 388 Å². The Morgan fingerprint density at radius 1 is 0.299 bits per heavy atom. The molecule has 0 atom stereocenters. The number of aromatic nitrogens is 1. The molecule has 0 aliphatic carbocycles. The first kappa shape index (κ1) is 38.5. The number of fused-ring (bicyclic) bond motifs is 7. The summed E-state index contributed by atoms with van der Waals surface area (Å²) in [6.45, 7) is 0. The lowest BCUT2D eigenvalue weighted by Crippen LogP contribution is -2.10. The van der Waals surface area contributed by atoms with E-state index in [1.807, 2.05) is 12.1 Å². The second-order valence-electron chi connectivity index (χ2n) is 17.3. The van der Waals surface area contributed by atoms with E-state index < -0.39 is 0 Å². The van der Waals surface area contributed by atoms with E-state index in [1.165, 1.54) is 43.7 Å². The Bertz CT molecular complexity index is 3930. The molecule has 11 aromatic carbocycles. The molecule has 0 saturated heterocycles. The zero-order valence-corrected chi connectivity index (χ0v) is 36.6. The van der Waals surface area contributed by atoms with Crippen molar-refractivity contribution in [3.05, 3.63) is 255 Å². The van der Waals surface area contributed by atoms with Gasteiger partial charge in [0.25, 0.3) is 0 Å². The zero-order valence-electron chi connectivity index (χ0n) is 36.6. The Balaban J connectivity index is 0.909. The van der Waals surface area contributed by atoms with E-state index in [0.29, 0.717) is 0 Å². The summed E-state index contributed by atoms with van der Waals surface area (Å²) in [6.07, 6.45) is 0. The van der Waals surface area contributed by atoms with Gasteiger partial charge >= 0.3 is 0 Å². The van der Waals surface area contributed by atoms with Gasteiger partial charge in [-0.3, -0.25) is 0 Å². The summed E-state index contributed by atoms with van der Waals surface area (Å²) in [4.78, 5) is 2.37. The van der Waals surface area contributed by atoms with Gasteiger partial charge in [-0.05, 0) is 117 Å². The van der Waals surface area contributed by atoms with Crippen molar-refractivity contribution in [3.8, 4) is 50.2 Å². The lowest BCUT2D eigenvalue weighted by molar-refractivity contribution is 0.670. The predicted molar refractivity (Wildman–Crippen MR) is 282 cm³/mol. The third-order valence-electron chi connectivity index (χ3n) is 13.4. The maximum absolute atomic E-state index is 6.45. The molecule has 0 aliphatic heterocycles. The van der Waals surface area contributed by atoms with Crippen LogP contribution >= 0.6 is 0 Å². The van der Waals surface area contributed by atoms with Crippen molar-refractivity contribution < 1.29 is 4.42 Å². The fourth-order valence-electron chi connectivity index (χ4n) is 10.2. The monoisotopic (exact) mass is 854 g/mol. The second kappa shape index (κ2) is 16.0. The van der Waals surface area contributed by atoms with Gasteiger partial charge in [-0.1, -0.05) is 182 Å². The van der Waals surface area contributed by atoms with Crippen LogP contribution in [0.5, 0.6) is 0 Å². The quantitative estimate of drug-likeness (QED) is 0.152. The number of nitrogens with zero attached hydrogens (tertiary/aromatic N) is 2. The van der Waals surface area contributed by atoms with Gasteiger partial charge in [0.2, 0.25) is 0 Å². The average molecular weight is 855 g/mol. The summed E-state index contributed by atoms with van der Waals surface area (Å²) < 4.78 is 8.87. The van der Waals surface area contributed by atoms with E-state index in [0.717, 1.165) is 78.1 Å². The van der Waals surface area contributed by atoms with Crippen LogP contribution in [0.15, 0.2) is 259 Å². The first-order chi connectivity index (χ1) is 33.2. The van der Waals surface area contributed by atoms with Crippen molar-refractivity contribution in [3.63, 3.8) is 0 Å². The van der Waals surface area contributed by atoms with Crippen LogP contribution in [0.1, 0.15) is 0 Å². The van der Waals surface area contributed by atoms with Crippen LogP contribution in [-0.4, -0.2) is 4.57 Å². The largest absolute Gasteiger partial charge is 0.455 e. The highest BCUT2D eigenvalue weighted by molar-refractivity contribution is 6.11. The molecular formula is C64H42N2O. The van der Waals surface area contributed by atoms with E-state index in [1.54, 1.807) is 0 Å². The molecule has 0 unspecified atom stereocenters. The average Bonchev–Trinajstić information content (AvgIpc) is 3.95. The standard InChI is InChI=1S/C64H42N2O/c1-2-15-46-40-48(31-30-43(46)14-1)45-34-38-52(39-35-45)65(51-36-32-44(33-37-51)47-16-11-17-49(41-47)55-24-13-25-59-58-23-6-10-29-63(58)67-64(55)59)53-19-12-18-50(42-53)54-20-3-7-26-60(54)66-61-27-8-4-21-56(61)57-22-5-9-28-62(57)66/h1-42H. The van der Waals surface area contributed by atoms with Crippen molar-refractivity contribution in [2.45, 2.75) is 0 Å². The molecule has 0 saturated carbocycles. The number of rotatable bonds is 8. The van der Waals surface area contributed by atoms with Gasteiger partial charge in [0, 0.05) is 49.7 Å². The van der Waals surface area contributed by atoms with Crippen LogP contribution in [0.2, 0.25) is 0 Å². The van der Waals surface area contributed by atoms with Crippen LogP contribution < -0.4 is 4.90 Å². The molecule has 13 rings (SSSR count). The minimum atomic E-state index is 0.905. The van der Waals surface area contributed by atoms with Crippen LogP contribution in [0, 0.1) is 0 Å². The number of hydrogen-bond donors (Lipinski definition) is 0. The Morgan fingerprint density at radius 3 is 1.57 bits per heavy atom. The van der Waals surface area contributed by atoms with Gasteiger partial charge in [0.1, 0.15) is 11.2 Å². The summed E-state index contributed by atoms with van der Waals surface area (Å²) >= 11 is 0. The van der Waals surface area contributed by atoms with E-state index in [-0.39, 0.29) is 0 Å². The number of furan rings is 1. The van der Waals surface area contributed by atoms with Gasteiger partial charge in [-0.2, -0.15) is 0 Å². The van der Waals surface area contributed by atoms with Crippen molar-refractivity contribution in [2.24, 2.45) is 0 Å². The predicted octanol–water partition coefficient (Wildman–Crippen LogP) is 18.0. The maximum atomic E-state index is 6.45. The fourth-order valence-corrected chi connectivity index (χ4v) is 10.2. The Kier molecular flexibility index (Phi) is 9.17. The number of hydrogen-bond acceptors (Lipinski definition) is 2. The molecular weight excluding hydrogens is 813 g/mol. The highest BCUT2D eigenvalue weighted by Gasteiger charge is 2.19. The van der Waals surface area contributed by atoms with Gasteiger partial charge < -0.3 is 13.9 Å². The molecule has 0 radical (unpaired) electrons. The Morgan fingerprint density at radius 2 is 0.821 bits per heavy atom. The van der Waals surface area contributed by atoms with Gasteiger partial charge in [0.05, 0.1) is 16.7 Å². The number of anilines is 3. The molecule has 0 aliphatic rings. The van der Waals surface area contributed by atoms with Crippen molar-refractivity contribution in [1.82, 2.24) is 4.57 Å². The van der Waals surface area contributed by atoms with Crippen LogP contribution in [0.3, 0.4) is 0 Å². The fraction of sp³-hybridized carbons (Fsp3) is 0. The normalized spacial score (nSPS) is 11.6. The number of benzene rings is 11. The van der Waals surface area contributed by atoms with Crippen molar-refractivity contribution >= 4 is 71.6 Å². The summed E-state index contributed by atoms with van der Waals surface area (Å²) in [6, 6.07) is 91.9. The molecule has 0 fully saturated rings. The molecule has 3 heteroatoms. The van der Waals surface area contributed by atoms with E-state index in [2.05, 4.69) is 252 Å². The molecule has 0 spiro atoms. The lowest BCUT2D eigenvalue weighted by Gasteiger charge is -2.27. The van der Waals surface area contributed by atoms with Crippen LogP contribution in [-0.2, 0) is 0 Å². The highest BCUT2D eigenvalue weighted by Crippen LogP contribution is 2.42. The molecule has 67 heavy (non-hydrogen) atoms. The first-order valence-electron chi connectivity index (χ1n) is 22.9. The first-order valence-corrected chi connectivity index (χ1v) is 22.9. The van der Waals surface area contributed by atoms with Gasteiger partial charge in [0.15, 0.2) is 0 Å². The summed E-state index contributed by atoms with van der Waals surface area (Å²) in [7, 11) is 0. The number of para-hydroxylation sites is 5.